The summed E-state index contributed by atoms with van der Waals surface area (Å²) in [7, 11) is 3.15. The number of terminal acetylenes is 1. The highest BCUT2D eigenvalue weighted by atomic mass is 35.5. The van der Waals surface area contributed by atoms with Crippen molar-refractivity contribution in [3.63, 3.8) is 0 Å². The van der Waals surface area contributed by atoms with Gasteiger partial charge in [-0.1, -0.05) is 11.6 Å². The van der Waals surface area contributed by atoms with Crippen LogP contribution < -0.4 is 14.8 Å². The number of anilines is 1. The van der Waals surface area contributed by atoms with Gasteiger partial charge in [-0.05, 0) is 6.07 Å². The zero-order valence-corrected chi connectivity index (χ0v) is 10.1. The van der Waals surface area contributed by atoms with E-state index in [-0.39, 0.29) is 0 Å². The van der Waals surface area contributed by atoms with Crippen molar-refractivity contribution in [2.75, 3.05) is 26.1 Å². The van der Waals surface area contributed by atoms with Gasteiger partial charge in [-0.15, -0.1) is 12.3 Å². The molecule has 0 saturated heterocycles. The average molecular weight is 240 g/mol. The lowest BCUT2D eigenvalue weighted by molar-refractivity contribution is 0.395. The molecule has 1 N–H and O–H groups in total. The number of methoxy groups -OCH3 is 2. The van der Waals surface area contributed by atoms with Crippen LogP contribution >= 0.6 is 11.6 Å². The minimum absolute atomic E-state index is 0.534. The maximum atomic E-state index is 6.01. The molecule has 0 heterocycles. The summed E-state index contributed by atoms with van der Waals surface area (Å²) in [5, 5.41) is 3.68. The summed E-state index contributed by atoms with van der Waals surface area (Å²) in [6.07, 6.45) is 5.82. The Kier molecular flexibility index (Phi) is 4.81. The number of ether oxygens (including phenoxy) is 2. The fourth-order valence-electron chi connectivity index (χ4n) is 1.27. The van der Waals surface area contributed by atoms with Gasteiger partial charge in [0.15, 0.2) is 0 Å². The van der Waals surface area contributed by atoms with E-state index in [1.807, 2.05) is 0 Å². The van der Waals surface area contributed by atoms with Crippen LogP contribution in [0.15, 0.2) is 12.1 Å². The minimum Gasteiger partial charge on any atom is -0.495 e. The van der Waals surface area contributed by atoms with Crippen molar-refractivity contribution in [2.45, 2.75) is 6.42 Å². The highest BCUT2D eigenvalue weighted by molar-refractivity contribution is 6.32. The van der Waals surface area contributed by atoms with E-state index in [1.54, 1.807) is 26.4 Å². The zero-order valence-electron chi connectivity index (χ0n) is 9.34. The quantitative estimate of drug-likeness (QED) is 0.633. The fraction of sp³-hybridized carbons (Fsp3) is 0.333. The second kappa shape index (κ2) is 6.14. The zero-order chi connectivity index (χ0) is 12.0. The third-order valence-electron chi connectivity index (χ3n) is 2.06. The first-order chi connectivity index (χ1) is 7.72. The van der Waals surface area contributed by atoms with Crippen LogP contribution in [0, 0.1) is 12.3 Å². The van der Waals surface area contributed by atoms with Gasteiger partial charge in [0.05, 0.1) is 24.9 Å². The van der Waals surface area contributed by atoms with E-state index in [2.05, 4.69) is 11.2 Å². The predicted molar refractivity (Wildman–Crippen MR) is 66.5 cm³/mol. The molecule has 0 aliphatic carbocycles. The van der Waals surface area contributed by atoms with Crippen LogP contribution in [0.1, 0.15) is 6.42 Å². The van der Waals surface area contributed by atoms with E-state index in [4.69, 9.17) is 27.5 Å². The highest BCUT2D eigenvalue weighted by Crippen LogP contribution is 2.35. The lowest BCUT2D eigenvalue weighted by Crippen LogP contribution is -2.02. The van der Waals surface area contributed by atoms with Crippen LogP contribution in [0.2, 0.25) is 5.02 Å². The van der Waals surface area contributed by atoms with E-state index in [0.29, 0.717) is 29.5 Å². The van der Waals surface area contributed by atoms with E-state index >= 15 is 0 Å². The minimum atomic E-state index is 0.534. The lowest BCUT2D eigenvalue weighted by Gasteiger charge is -2.13. The molecule has 1 aromatic carbocycles. The number of benzene rings is 1. The van der Waals surface area contributed by atoms with Gasteiger partial charge in [-0.3, -0.25) is 0 Å². The van der Waals surface area contributed by atoms with Crippen LogP contribution in [0.25, 0.3) is 0 Å². The van der Waals surface area contributed by atoms with E-state index < -0.39 is 0 Å². The molecule has 4 heteroatoms. The first kappa shape index (κ1) is 12.5. The molecule has 86 valence electrons. The van der Waals surface area contributed by atoms with Gasteiger partial charge in [0, 0.05) is 19.0 Å². The molecule has 1 aromatic rings. The monoisotopic (exact) mass is 239 g/mol. The molecule has 3 nitrogen and oxygen atoms in total. The maximum Gasteiger partial charge on any atom is 0.145 e. The third kappa shape index (κ3) is 2.98. The Balaban J connectivity index is 2.90. The molecule has 0 aromatic heterocycles. The summed E-state index contributed by atoms with van der Waals surface area (Å²) >= 11 is 6.01. The molecule has 1 rings (SSSR count). The van der Waals surface area contributed by atoms with Gasteiger partial charge in [-0.2, -0.15) is 0 Å². The van der Waals surface area contributed by atoms with Crippen LogP contribution in [-0.4, -0.2) is 20.8 Å². The van der Waals surface area contributed by atoms with Gasteiger partial charge >= 0.3 is 0 Å². The Labute approximate surface area is 101 Å². The van der Waals surface area contributed by atoms with E-state index in [1.165, 1.54) is 0 Å². The van der Waals surface area contributed by atoms with Crippen molar-refractivity contribution in [2.24, 2.45) is 0 Å². The van der Waals surface area contributed by atoms with Crippen molar-refractivity contribution < 1.29 is 9.47 Å². The molecule has 0 radical (unpaired) electrons. The molecule has 16 heavy (non-hydrogen) atoms. The molecule has 0 aliphatic rings. The van der Waals surface area contributed by atoms with Crippen molar-refractivity contribution in [1.29, 1.82) is 0 Å². The lowest BCUT2D eigenvalue weighted by atomic mass is 10.2. The highest BCUT2D eigenvalue weighted by Gasteiger charge is 2.08. The number of hydrogen-bond donors (Lipinski definition) is 1. The van der Waals surface area contributed by atoms with Crippen LogP contribution in [0.3, 0.4) is 0 Å². The van der Waals surface area contributed by atoms with Crippen molar-refractivity contribution in [3.05, 3.63) is 17.2 Å². The SMILES string of the molecule is C#CCCNc1cc(Cl)c(OC)cc1OC. The van der Waals surface area contributed by atoms with Gasteiger partial charge in [-0.25, -0.2) is 0 Å². The predicted octanol–water partition coefficient (Wildman–Crippen LogP) is 2.79. The van der Waals surface area contributed by atoms with Gasteiger partial charge in [0.2, 0.25) is 0 Å². The second-order valence-corrected chi connectivity index (χ2v) is 3.48. The van der Waals surface area contributed by atoms with Crippen molar-refractivity contribution in [3.8, 4) is 23.8 Å². The molecule has 0 aliphatic heterocycles. The summed E-state index contributed by atoms with van der Waals surface area (Å²) in [5.41, 5.74) is 0.809. The summed E-state index contributed by atoms with van der Waals surface area (Å²) in [6.45, 7) is 0.676. The van der Waals surface area contributed by atoms with Gasteiger partial charge in [0.25, 0.3) is 0 Å². The number of hydrogen-bond acceptors (Lipinski definition) is 3. The normalized spacial score (nSPS) is 9.38. The fourth-order valence-corrected chi connectivity index (χ4v) is 1.51. The van der Waals surface area contributed by atoms with E-state index in [0.717, 1.165) is 5.69 Å². The largest absolute Gasteiger partial charge is 0.495 e. The Morgan fingerprint density at radius 1 is 1.31 bits per heavy atom. The van der Waals surface area contributed by atoms with Gasteiger partial charge < -0.3 is 14.8 Å². The topological polar surface area (TPSA) is 30.5 Å². The molecule has 0 amide bonds. The molecule has 0 unspecified atom stereocenters. The first-order valence-electron chi connectivity index (χ1n) is 4.81. The van der Waals surface area contributed by atoms with Crippen LogP contribution in [0.5, 0.6) is 11.5 Å². The average Bonchev–Trinajstić information content (AvgIpc) is 2.30. The molecule has 0 saturated carbocycles. The Bertz CT molecular complexity index is 399. The first-order valence-corrected chi connectivity index (χ1v) is 5.19. The number of rotatable bonds is 5. The van der Waals surface area contributed by atoms with E-state index in [9.17, 15) is 0 Å². The van der Waals surface area contributed by atoms with Gasteiger partial charge in [0.1, 0.15) is 11.5 Å². The van der Waals surface area contributed by atoms with Crippen molar-refractivity contribution >= 4 is 17.3 Å². The standard InChI is InChI=1S/C12H14ClNO2/c1-4-5-6-14-10-7-9(13)11(15-2)8-12(10)16-3/h1,7-8,14H,5-6H2,2-3H3. The number of nitrogens with one attached hydrogen (secondary N) is 1. The molecular weight excluding hydrogens is 226 g/mol. The Morgan fingerprint density at radius 3 is 2.56 bits per heavy atom. The third-order valence-corrected chi connectivity index (χ3v) is 2.35. The summed E-state index contributed by atoms with van der Waals surface area (Å²) in [4.78, 5) is 0. The Morgan fingerprint density at radius 2 is 2.00 bits per heavy atom. The second-order valence-electron chi connectivity index (χ2n) is 3.07. The van der Waals surface area contributed by atoms with Crippen LogP contribution in [-0.2, 0) is 0 Å². The van der Waals surface area contributed by atoms with Crippen molar-refractivity contribution in [1.82, 2.24) is 0 Å². The smallest absolute Gasteiger partial charge is 0.145 e. The molecule has 0 spiro atoms. The Hall–Kier alpha value is -1.53. The van der Waals surface area contributed by atoms with Crippen LogP contribution in [0.4, 0.5) is 5.69 Å². The summed E-state index contributed by atoms with van der Waals surface area (Å²) < 4.78 is 10.3. The summed E-state index contributed by atoms with van der Waals surface area (Å²) in [6, 6.07) is 3.50. The molecule has 0 atom stereocenters. The molecule has 0 bridgehead atoms. The summed E-state index contributed by atoms with van der Waals surface area (Å²) in [5.74, 6) is 3.81. The molecular formula is C12H14ClNO2. The number of halogens is 1. The molecule has 0 fully saturated rings. The maximum absolute atomic E-state index is 6.01.